The SMILES string of the molecule is CC(O)C1NC(=O)[C@@H](NC(=O)c2ccc(-c3nnc(-c4cnn(-c5ccc(N6CCCC6)cc5)c4)s3)cc2)CC(O)CNC(=O)C2C(O)C(C)CN2C(=O)C(C(O)CC(N)=O)NC(=O)C(C(O)Cc2ccc(O)c(OSOO[O-])c2)NC(=O)C2CC(O)CN2C1=O.[Na+]. The molecule has 4 fully saturated rings. The van der Waals surface area contributed by atoms with Gasteiger partial charge in [0.15, 0.2) is 16.5 Å². The van der Waals surface area contributed by atoms with Crippen molar-refractivity contribution in [2.24, 2.45) is 11.7 Å². The Morgan fingerprint density at radius 1 is 0.793 bits per heavy atom. The number of primary amides is 1. The van der Waals surface area contributed by atoms with Gasteiger partial charge >= 0.3 is 29.6 Å². The summed E-state index contributed by atoms with van der Waals surface area (Å²) in [5.41, 5.74) is 8.74. The van der Waals surface area contributed by atoms with Gasteiger partial charge in [0.1, 0.15) is 41.3 Å². The summed E-state index contributed by atoms with van der Waals surface area (Å²) in [7, 11) is 0. The number of β-amino-alcohol motifs (C(OH)–C–C–N with tert-alkyl or cyclic N) is 1. The van der Waals surface area contributed by atoms with Crippen LogP contribution in [0.25, 0.3) is 26.8 Å². The number of fused-ring (bicyclic) bond motifs is 2. The van der Waals surface area contributed by atoms with E-state index in [4.69, 9.17) is 9.92 Å². The number of benzene rings is 3. The Hall–Kier alpha value is -7.42. The summed E-state index contributed by atoms with van der Waals surface area (Å²) in [6.07, 6.45) is -7.88. The van der Waals surface area contributed by atoms with Crippen LogP contribution < -0.4 is 76.2 Å². The van der Waals surface area contributed by atoms with E-state index >= 15 is 0 Å². The number of carbonyl (C=O) groups excluding carboxylic acids is 8. The third kappa shape index (κ3) is 16.9. The molecule has 0 saturated carbocycles. The van der Waals surface area contributed by atoms with Gasteiger partial charge in [0.05, 0.1) is 60.5 Å². The van der Waals surface area contributed by atoms with Gasteiger partial charge in [-0.3, -0.25) is 43.4 Å². The molecule has 4 aliphatic heterocycles. The molecule has 13 atom stereocenters. The largest absolute Gasteiger partial charge is 1.00 e. The summed E-state index contributed by atoms with van der Waals surface area (Å²) in [5.74, 6) is -11.2. The molecule has 92 heavy (non-hydrogen) atoms. The smallest absolute Gasteiger partial charge is 0.691 e. The number of carbonyl (C=O) groups is 8. The summed E-state index contributed by atoms with van der Waals surface area (Å²) in [6, 6.07) is 5.86. The number of aromatic hydroxyl groups is 1. The van der Waals surface area contributed by atoms with E-state index in [0.717, 1.165) is 66.2 Å². The minimum absolute atomic E-state index is 0. The molecule has 8 amide bonds. The second kappa shape index (κ2) is 31.5. The number of phenols is 1. The third-order valence-electron chi connectivity index (χ3n) is 16.0. The number of nitrogens with two attached hydrogens (primary N) is 1. The normalized spacial score (nSPS) is 25.4. The van der Waals surface area contributed by atoms with Crippen molar-refractivity contribution >= 4 is 76.6 Å². The Morgan fingerprint density at radius 2 is 1.45 bits per heavy atom. The van der Waals surface area contributed by atoms with Gasteiger partial charge in [-0.15, -0.1) is 14.5 Å². The van der Waals surface area contributed by atoms with Crippen LogP contribution in [0.15, 0.2) is 79.1 Å². The van der Waals surface area contributed by atoms with E-state index in [9.17, 15) is 79.4 Å². The molecule has 9 rings (SSSR count). The number of amides is 8. The Labute approximate surface area is 555 Å². The van der Waals surface area contributed by atoms with Crippen molar-refractivity contribution in [3.8, 4) is 38.3 Å². The maximum Gasteiger partial charge on any atom is 1.00 e. The fraction of sp³-hybridized carbons (Fsp3) is 0.456. The fourth-order valence-corrected chi connectivity index (χ4v) is 12.3. The first-order chi connectivity index (χ1) is 43.5. The maximum atomic E-state index is 14.7. The minimum atomic E-state index is -2.23. The summed E-state index contributed by atoms with van der Waals surface area (Å²) in [6.45, 7) is 2.87. The molecule has 4 aliphatic rings. The van der Waals surface area contributed by atoms with Gasteiger partial charge in [0.25, 0.3) is 18.2 Å². The van der Waals surface area contributed by atoms with Crippen molar-refractivity contribution in [3.63, 3.8) is 0 Å². The van der Waals surface area contributed by atoms with Gasteiger partial charge in [-0.05, 0) is 73.9 Å². The number of nitrogens with zero attached hydrogens (tertiary/aromatic N) is 7. The van der Waals surface area contributed by atoms with Crippen LogP contribution in [0, 0.1) is 5.92 Å². The molecular weight excluding hydrogens is 1260 g/mol. The third-order valence-corrected chi connectivity index (χ3v) is 17.4. The van der Waals surface area contributed by atoms with Gasteiger partial charge < -0.3 is 92.2 Å². The quantitative estimate of drug-likeness (QED) is 0.0135. The first-order valence-electron chi connectivity index (χ1n) is 28.9. The van der Waals surface area contributed by atoms with Crippen molar-refractivity contribution in [1.82, 2.24) is 56.4 Å². The second-order valence-electron chi connectivity index (χ2n) is 22.6. The molecule has 6 heterocycles. The summed E-state index contributed by atoms with van der Waals surface area (Å²) in [4.78, 5) is 117. The zero-order valence-electron chi connectivity index (χ0n) is 49.8. The molecule has 0 radical (unpaired) electrons. The number of rotatable bonds is 17. The number of nitrogens with one attached hydrogen (secondary N) is 5. The molecule has 0 bridgehead atoms. The van der Waals surface area contributed by atoms with E-state index in [1.54, 1.807) is 23.0 Å². The Bertz CT molecular complexity index is 3450. The molecule has 32 nitrogen and oxygen atoms in total. The Morgan fingerprint density at radius 3 is 2.12 bits per heavy atom. The predicted molar refractivity (Wildman–Crippen MR) is 317 cm³/mol. The maximum absolute atomic E-state index is 14.7. The van der Waals surface area contributed by atoms with Gasteiger partial charge in [-0.2, -0.15) is 5.10 Å². The average molecular weight is 1330 g/mol. The van der Waals surface area contributed by atoms with E-state index < -0.39 is 177 Å². The van der Waals surface area contributed by atoms with Crippen molar-refractivity contribution in [2.45, 2.75) is 125 Å². The van der Waals surface area contributed by atoms with E-state index in [2.05, 4.69) is 68.3 Å². The number of hydrogen-bond acceptors (Lipinski definition) is 25. The van der Waals surface area contributed by atoms with Crippen molar-refractivity contribution < 1.29 is 122 Å². The van der Waals surface area contributed by atoms with E-state index in [1.807, 2.05) is 18.3 Å². The van der Waals surface area contributed by atoms with Crippen molar-refractivity contribution in [3.05, 3.63) is 90.3 Å². The van der Waals surface area contributed by atoms with Crippen LogP contribution in [0.3, 0.4) is 0 Å². The molecule has 14 N–H and O–H groups in total. The number of aromatic nitrogens is 4. The Kier molecular flexibility index (Phi) is 24.1. The number of hydrogen-bond donors (Lipinski definition) is 13. The van der Waals surface area contributed by atoms with Crippen LogP contribution in [-0.4, -0.2) is 218 Å². The first kappa shape index (κ1) is 70.4. The Balaban J connectivity index is 0.0000109. The van der Waals surface area contributed by atoms with Gasteiger partial charge in [0, 0.05) is 80.9 Å². The van der Waals surface area contributed by atoms with Crippen LogP contribution in [-0.2, 0) is 49.4 Å². The number of anilines is 1. The second-order valence-corrected chi connectivity index (χ2v) is 24.0. The van der Waals surface area contributed by atoms with Gasteiger partial charge in [0.2, 0.25) is 41.4 Å². The number of aliphatic hydroxyl groups is 6. The summed E-state index contributed by atoms with van der Waals surface area (Å²) >= 11 is 1.26. The molecule has 12 unspecified atom stereocenters. The monoisotopic (exact) mass is 1330 g/mol. The topological polar surface area (TPSA) is 468 Å². The zero-order valence-corrected chi connectivity index (χ0v) is 53.5. The van der Waals surface area contributed by atoms with Crippen LogP contribution in [0.1, 0.15) is 61.9 Å². The minimum Gasteiger partial charge on any atom is -0.691 e. The molecule has 2 aromatic heterocycles. The average Bonchev–Trinajstić information content (AvgIpc) is 1.63. The molecule has 4 saturated heterocycles. The van der Waals surface area contributed by atoms with Crippen LogP contribution >= 0.6 is 23.7 Å². The molecule has 35 heteroatoms. The molecule has 0 spiro atoms. The predicted octanol–water partition coefficient (Wildman–Crippen LogP) is -6.64. The van der Waals surface area contributed by atoms with Crippen molar-refractivity contribution in [1.29, 1.82) is 0 Å². The fourth-order valence-electron chi connectivity index (χ4n) is 11.2. The molecule has 5 aromatic rings. The summed E-state index contributed by atoms with van der Waals surface area (Å²) in [5, 5.41) is 118. The van der Waals surface area contributed by atoms with E-state index in [-0.39, 0.29) is 58.8 Å². The van der Waals surface area contributed by atoms with E-state index in [0.29, 0.717) is 21.1 Å². The van der Waals surface area contributed by atoms with Crippen LogP contribution in [0.2, 0.25) is 0 Å². The van der Waals surface area contributed by atoms with Gasteiger partial charge in [-0.1, -0.05) is 36.5 Å². The summed E-state index contributed by atoms with van der Waals surface area (Å²) < 4.78 is 10.9. The standard InChI is InChI=1S/C57H69N13O19S2.Na/c1-27-24-69-47(48(27)78)53(83)59-23-35(72)19-37(61-49(79)30-6-8-31(9-7-30)54-65-66-55(90-54)32-22-60-70(25-32)34-12-10-33(11-13-34)67-15-3-4-16-67)50(80)62-44(28(2)71)56(84)68-26-36(73)20-38(68)51(81)63-45(52(82)64-46(57(69)85)41(76)21-43(58)77)40(75)17-29-5-14-39(74)42(18-29)87-91-89-88-86;/h5-14,18,22,25,27-28,35-38,40-41,44-48,71-76,78,86H,3-4,15-17,19-21,23-24,26H2,1-2H3,(H2,58,77)(H,59,83)(H,61,79)(H,62,80)(H,63,81)(H,64,82);/q;+1/p-1/t27?,28?,35?,36?,37-,38?,40?,41?,44?,45?,46?,47?,48?;/m0./s1. The first-order valence-corrected chi connectivity index (χ1v) is 30.4. The molecule has 0 aliphatic carbocycles. The number of aliphatic hydroxyl groups excluding tert-OH is 6. The van der Waals surface area contributed by atoms with E-state index in [1.165, 1.54) is 36.5 Å². The van der Waals surface area contributed by atoms with Gasteiger partial charge in [-0.25, -0.2) is 4.68 Å². The van der Waals surface area contributed by atoms with Crippen LogP contribution in [0.4, 0.5) is 5.69 Å². The molecule has 488 valence electrons. The van der Waals surface area contributed by atoms with Crippen molar-refractivity contribution in [2.75, 3.05) is 37.6 Å². The number of phenolic OH excluding ortho intramolecular Hbond substituents is 1. The molecule has 3 aromatic carbocycles. The zero-order chi connectivity index (χ0) is 65.4. The van der Waals surface area contributed by atoms with Crippen LogP contribution in [0.5, 0.6) is 11.5 Å². The molecular formula is C57H68N13NaO19S2.